The monoisotopic (exact) mass is 456 g/mol. The van der Waals surface area contributed by atoms with Crippen molar-refractivity contribution in [2.75, 3.05) is 11.4 Å². The molecule has 0 aliphatic carbocycles. The molecule has 0 unspecified atom stereocenters. The van der Waals surface area contributed by atoms with Crippen molar-refractivity contribution in [3.8, 4) is 5.75 Å². The molecular weight excluding hydrogens is 422 g/mol. The normalized spacial score (nSPS) is 11.5. The maximum absolute atomic E-state index is 13.2. The van der Waals surface area contributed by atoms with Crippen molar-refractivity contribution in [2.24, 2.45) is 0 Å². The van der Waals surface area contributed by atoms with E-state index in [-0.39, 0.29) is 24.1 Å². The molecule has 0 fully saturated rings. The van der Waals surface area contributed by atoms with Crippen molar-refractivity contribution in [2.45, 2.75) is 54.6 Å². The molecule has 0 atom stereocenters. The molecule has 1 amide bonds. The lowest BCUT2D eigenvalue weighted by molar-refractivity contribution is 0.0979. The van der Waals surface area contributed by atoms with E-state index >= 15 is 0 Å². The van der Waals surface area contributed by atoms with Crippen molar-refractivity contribution in [3.05, 3.63) is 89.2 Å². The van der Waals surface area contributed by atoms with Crippen LogP contribution in [0.3, 0.4) is 0 Å². The van der Waals surface area contributed by atoms with Crippen LogP contribution in [0.5, 0.6) is 5.75 Å². The molecule has 2 aromatic carbocycles. The van der Waals surface area contributed by atoms with E-state index in [1.807, 2.05) is 41.5 Å². The first kappa shape index (κ1) is 27.8. The third kappa shape index (κ3) is 7.67. The van der Waals surface area contributed by atoms with E-state index < -0.39 is 0 Å². The van der Waals surface area contributed by atoms with Crippen LogP contribution >= 0.6 is 0 Å². The molecule has 0 saturated carbocycles. The second-order valence-corrected chi connectivity index (χ2v) is 6.23. The zero-order valence-electron chi connectivity index (χ0n) is 20.4. The number of pyridine rings is 1. The first-order chi connectivity index (χ1) is 16.1. The number of aromatic nitrogens is 1. The van der Waals surface area contributed by atoms with Crippen LogP contribution in [0.4, 0.5) is 14.5 Å². The molecule has 33 heavy (non-hydrogen) atoms. The van der Waals surface area contributed by atoms with E-state index in [1.165, 1.54) is 24.3 Å². The number of carbonyl (C=O) groups excluding carboxylic acids is 1. The van der Waals surface area contributed by atoms with E-state index in [0.29, 0.717) is 41.4 Å². The van der Waals surface area contributed by atoms with Gasteiger partial charge in [-0.15, -0.1) is 0 Å². The summed E-state index contributed by atoms with van der Waals surface area (Å²) in [5, 5.41) is 0. The predicted molar refractivity (Wildman–Crippen MR) is 131 cm³/mol. The van der Waals surface area contributed by atoms with E-state index in [0.717, 1.165) is 0 Å². The molecular formula is C27H34F2N2O2. The summed E-state index contributed by atoms with van der Waals surface area (Å²) in [7, 11) is 0. The Hall–Kier alpha value is -3.28. The number of amides is 1. The molecule has 6 heteroatoms. The second-order valence-electron chi connectivity index (χ2n) is 6.23. The van der Waals surface area contributed by atoms with Crippen molar-refractivity contribution in [3.63, 3.8) is 0 Å². The molecule has 1 aromatic heterocycles. The maximum Gasteiger partial charge on any atom is 0.260 e. The molecule has 2 heterocycles. The lowest BCUT2D eigenvalue weighted by Crippen LogP contribution is -2.38. The number of benzene rings is 2. The van der Waals surface area contributed by atoms with Gasteiger partial charge in [-0.1, -0.05) is 47.6 Å². The number of halogens is 2. The molecule has 4 nitrogen and oxygen atoms in total. The molecule has 3 aromatic rings. The number of hydrogen-bond donors (Lipinski definition) is 0. The second kappa shape index (κ2) is 14.7. The third-order valence-electron chi connectivity index (χ3n) is 4.40. The minimum Gasteiger partial charge on any atom is -0.487 e. The summed E-state index contributed by atoms with van der Waals surface area (Å²) < 4.78 is 31.9. The molecule has 0 N–H and O–H groups in total. The summed E-state index contributed by atoms with van der Waals surface area (Å²) in [6, 6.07) is 15.2. The fourth-order valence-electron chi connectivity index (χ4n) is 3.06. The fraction of sp³-hybridized carbons (Fsp3) is 0.333. The van der Waals surface area contributed by atoms with Gasteiger partial charge in [-0.3, -0.25) is 9.78 Å². The van der Waals surface area contributed by atoms with Crippen LogP contribution in [0, 0.1) is 11.6 Å². The summed E-state index contributed by atoms with van der Waals surface area (Å²) >= 11 is 0. The predicted octanol–water partition coefficient (Wildman–Crippen LogP) is 7.22. The molecule has 0 bridgehead atoms. The molecule has 0 saturated heterocycles. The van der Waals surface area contributed by atoms with Gasteiger partial charge in [0.2, 0.25) is 0 Å². The summed E-state index contributed by atoms with van der Waals surface area (Å²) in [6.07, 6.45) is 0.590. The first-order valence-corrected chi connectivity index (χ1v) is 11.5. The number of hydrogen-bond acceptors (Lipinski definition) is 3. The fourth-order valence-corrected chi connectivity index (χ4v) is 3.06. The Balaban J connectivity index is 0.000000841. The summed E-state index contributed by atoms with van der Waals surface area (Å²) in [5.41, 5.74) is 2.56. The van der Waals surface area contributed by atoms with E-state index in [2.05, 4.69) is 4.98 Å². The van der Waals surface area contributed by atoms with E-state index in [9.17, 15) is 13.6 Å². The van der Waals surface area contributed by atoms with Crippen molar-refractivity contribution in [1.82, 2.24) is 4.98 Å². The molecule has 0 radical (unpaired) electrons. The zero-order chi connectivity index (χ0) is 24.8. The Kier molecular flexibility index (Phi) is 12.4. The van der Waals surface area contributed by atoms with Gasteiger partial charge in [0.05, 0.1) is 17.0 Å². The van der Waals surface area contributed by atoms with Crippen LogP contribution in [0.25, 0.3) is 0 Å². The topological polar surface area (TPSA) is 42.4 Å². The van der Waals surface area contributed by atoms with Gasteiger partial charge in [0.1, 0.15) is 24.0 Å². The van der Waals surface area contributed by atoms with Crippen molar-refractivity contribution in [1.29, 1.82) is 0 Å². The van der Waals surface area contributed by atoms with Gasteiger partial charge in [-0.25, -0.2) is 8.78 Å². The van der Waals surface area contributed by atoms with Crippen LogP contribution in [-0.4, -0.2) is 17.4 Å². The molecule has 4 rings (SSSR count). The Bertz CT molecular complexity index is 992. The Morgan fingerprint density at radius 1 is 0.879 bits per heavy atom. The molecule has 0 spiro atoms. The number of nitrogens with zero attached hydrogens (tertiary/aromatic N) is 2. The van der Waals surface area contributed by atoms with Crippen LogP contribution in [0.2, 0.25) is 0 Å². The SMILES string of the molecule is CC.CC.CC.O=C1c2ccc(COc3cccc(F)c3)nc2CCN1c1ccc(F)cc1. The Morgan fingerprint density at radius 3 is 2.18 bits per heavy atom. The first-order valence-electron chi connectivity index (χ1n) is 11.5. The quantitative estimate of drug-likeness (QED) is 0.416. The summed E-state index contributed by atoms with van der Waals surface area (Å²) in [4.78, 5) is 18.9. The highest BCUT2D eigenvalue weighted by molar-refractivity contribution is 6.07. The molecule has 178 valence electrons. The Morgan fingerprint density at radius 2 is 1.55 bits per heavy atom. The third-order valence-corrected chi connectivity index (χ3v) is 4.40. The van der Waals surface area contributed by atoms with Crippen LogP contribution in [0.1, 0.15) is 63.3 Å². The van der Waals surface area contributed by atoms with Crippen molar-refractivity contribution >= 4 is 11.6 Å². The van der Waals surface area contributed by atoms with Crippen LogP contribution in [0.15, 0.2) is 60.7 Å². The van der Waals surface area contributed by atoms with Gasteiger partial charge in [0.15, 0.2) is 0 Å². The van der Waals surface area contributed by atoms with Crippen LogP contribution in [-0.2, 0) is 13.0 Å². The number of fused-ring (bicyclic) bond motifs is 1. The smallest absolute Gasteiger partial charge is 0.260 e. The number of ether oxygens (including phenoxy) is 1. The van der Waals surface area contributed by atoms with Gasteiger partial charge in [-0.05, 0) is 48.5 Å². The minimum absolute atomic E-state index is 0.159. The van der Waals surface area contributed by atoms with Gasteiger partial charge in [0.25, 0.3) is 5.91 Å². The molecule has 1 aliphatic heterocycles. The average molecular weight is 457 g/mol. The summed E-state index contributed by atoms with van der Waals surface area (Å²) in [5.74, 6) is -0.438. The zero-order valence-corrected chi connectivity index (χ0v) is 20.4. The van der Waals surface area contributed by atoms with Gasteiger partial charge >= 0.3 is 0 Å². The average Bonchev–Trinajstić information content (AvgIpc) is 2.87. The highest BCUT2D eigenvalue weighted by Crippen LogP contribution is 2.24. The van der Waals surface area contributed by atoms with Crippen molar-refractivity contribution < 1.29 is 18.3 Å². The highest BCUT2D eigenvalue weighted by Gasteiger charge is 2.26. The van der Waals surface area contributed by atoms with Gasteiger partial charge in [-0.2, -0.15) is 0 Å². The van der Waals surface area contributed by atoms with Gasteiger partial charge < -0.3 is 9.64 Å². The Labute approximate surface area is 196 Å². The minimum atomic E-state index is -0.364. The number of carbonyl (C=O) groups is 1. The maximum atomic E-state index is 13.2. The lowest BCUT2D eigenvalue weighted by atomic mass is 10.0. The highest BCUT2D eigenvalue weighted by atomic mass is 19.1. The summed E-state index contributed by atoms with van der Waals surface area (Å²) in [6.45, 7) is 12.7. The lowest BCUT2D eigenvalue weighted by Gasteiger charge is -2.28. The molecule has 1 aliphatic rings. The van der Waals surface area contributed by atoms with Gasteiger partial charge in [0, 0.05) is 24.7 Å². The standard InChI is InChI=1S/C21H16F2N2O2.3C2H6/c22-14-4-7-17(8-5-14)25-11-10-20-19(21(25)26)9-6-16(24-20)13-27-18-3-1-2-15(23)12-18;3*1-2/h1-9,12H,10-11,13H2;3*1-2H3. The number of anilines is 1. The van der Waals surface area contributed by atoms with Crippen LogP contribution < -0.4 is 9.64 Å². The van der Waals surface area contributed by atoms with E-state index in [4.69, 9.17) is 4.74 Å². The number of rotatable bonds is 4. The largest absolute Gasteiger partial charge is 0.487 e. The van der Waals surface area contributed by atoms with E-state index in [1.54, 1.807) is 41.3 Å².